The van der Waals surface area contributed by atoms with Crippen molar-refractivity contribution < 1.29 is 28.2 Å². The van der Waals surface area contributed by atoms with Gasteiger partial charge in [0.2, 0.25) is 0 Å². The average molecular weight is 284 g/mol. The summed E-state index contributed by atoms with van der Waals surface area (Å²) in [6.45, 7) is 4.72. The van der Waals surface area contributed by atoms with E-state index >= 15 is 0 Å². The average Bonchev–Trinajstić information content (AvgIpc) is 2.33. The summed E-state index contributed by atoms with van der Waals surface area (Å²) in [5.41, 5.74) is -0.606. The summed E-state index contributed by atoms with van der Waals surface area (Å²) < 4.78 is 27.9. The van der Waals surface area contributed by atoms with Gasteiger partial charge in [0.25, 0.3) is 0 Å². The molecule has 0 N–H and O–H groups in total. The van der Waals surface area contributed by atoms with Gasteiger partial charge in [-0.1, -0.05) is 0 Å². The van der Waals surface area contributed by atoms with Gasteiger partial charge < -0.3 is 14.2 Å². The summed E-state index contributed by atoms with van der Waals surface area (Å²) >= 11 is 0. The lowest BCUT2D eigenvalue weighted by Crippen LogP contribution is -2.27. The molecule has 0 aliphatic carbocycles. The number of halogens is 1. The second-order valence-electron chi connectivity index (χ2n) is 5.01. The summed E-state index contributed by atoms with van der Waals surface area (Å²) in [6, 6.07) is 3.34. The molecule has 0 bridgehead atoms. The van der Waals surface area contributed by atoms with Crippen molar-refractivity contribution in [2.75, 3.05) is 13.7 Å². The molecule has 0 unspecified atom stereocenters. The number of hydrogen-bond donors (Lipinski definition) is 0. The molecule has 0 fully saturated rings. The Hall–Kier alpha value is -2.11. The number of esters is 2. The van der Waals surface area contributed by atoms with Crippen LogP contribution in [-0.4, -0.2) is 31.3 Å². The van der Waals surface area contributed by atoms with Crippen LogP contribution in [0, 0.1) is 5.82 Å². The van der Waals surface area contributed by atoms with E-state index in [1.54, 1.807) is 20.8 Å². The Morgan fingerprint density at radius 2 is 1.90 bits per heavy atom. The molecule has 110 valence electrons. The van der Waals surface area contributed by atoms with Crippen LogP contribution in [0.2, 0.25) is 0 Å². The number of carbonyl (C=O) groups excluding carboxylic acids is 2. The molecule has 0 atom stereocenters. The fraction of sp³-hybridized carbons (Fsp3) is 0.429. The minimum absolute atomic E-state index is 0.0393. The Labute approximate surface area is 116 Å². The number of benzene rings is 1. The third-order valence-corrected chi connectivity index (χ3v) is 2.11. The smallest absolute Gasteiger partial charge is 0.344 e. The molecule has 0 heterocycles. The van der Waals surface area contributed by atoms with E-state index < -0.39 is 30.0 Å². The van der Waals surface area contributed by atoms with Crippen molar-refractivity contribution in [1.82, 2.24) is 0 Å². The third kappa shape index (κ3) is 4.87. The molecule has 0 amide bonds. The Morgan fingerprint density at radius 1 is 1.25 bits per heavy atom. The molecule has 0 aliphatic rings. The lowest BCUT2D eigenvalue weighted by atomic mass is 10.2. The molecule has 20 heavy (non-hydrogen) atoms. The molecular formula is C14H17FO5. The summed E-state index contributed by atoms with van der Waals surface area (Å²) in [6.07, 6.45) is 0. The number of rotatable bonds is 4. The van der Waals surface area contributed by atoms with Crippen LogP contribution in [0.4, 0.5) is 4.39 Å². The monoisotopic (exact) mass is 284 g/mol. The topological polar surface area (TPSA) is 61.8 Å². The van der Waals surface area contributed by atoms with Crippen LogP contribution < -0.4 is 4.74 Å². The maximum absolute atomic E-state index is 13.2. The molecule has 0 saturated carbocycles. The van der Waals surface area contributed by atoms with E-state index in [9.17, 15) is 14.0 Å². The molecule has 0 radical (unpaired) electrons. The summed E-state index contributed by atoms with van der Waals surface area (Å²) in [5, 5.41) is 0. The second kappa shape index (κ2) is 6.36. The molecule has 1 aromatic rings. The van der Waals surface area contributed by atoms with Crippen LogP contribution in [0.5, 0.6) is 5.75 Å². The van der Waals surface area contributed by atoms with Crippen molar-refractivity contribution in [2.24, 2.45) is 0 Å². The highest BCUT2D eigenvalue weighted by Crippen LogP contribution is 2.21. The quantitative estimate of drug-likeness (QED) is 0.794. The normalized spacial score (nSPS) is 10.8. The maximum Gasteiger partial charge on any atom is 0.344 e. The van der Waals surface area contributed by atoms with Crippen molar-refractivity contribution >= 4 is 11.9 Å². The van der Waals surface area contributed by atoms with Crippen LogP contribution >= 0.6 is 0 Å². The molecular weight excluding hydrogens is 267 g/mol. The van der Waals surface area contributed by atoms with Crippen LogP contribution in [0.3, 0.4) is 0 Å². The van der Waals surface area contributed by atoms with Crippen LogP contribution in [0.15, 0.2) is 18.2 Å². The van der Waals surface area contributed by atoms with Crippen molar-refractivity contribution in [2.45, 2.75) is 26.4 Å². The predicted molar refractivity (Wildman–Crippen MR) is 69.1 cm³/mol. The van der Waals surface area contributed by atoms with Gasteiger partial charge in [0.1, 0.15) is 22.7 Å². The zero-order valence-corrected chi connectivity index (χ0v) is 11.9. The van der Waals surface area contributed by atoms with E-state index in [2.05, 4.69) is 4.74 Å². The van der Waals surface area contributed by atoms with Crippen LogP contribution in [-0.2, 0) is 14.3 Å². The van der Waals surface area contributed by atoms with E-state index in [0.29, 0.717) is 0 Å². The van der Waals surface area contributed by atoms with Gasteiger partial charge >= 0.3 is 11.9 Å². The number of carbonyl (C=O) groups is 2. The largest absolute Gasteiger partial charge is 0.481 e. The number of hydrogen-bond acceptors (Lipinski definition) is 5. The Bertz CT molecular complexity index is 505. The van der Waals surface area contributed by atoms with Crippen molar-refractivity contribution in [1.29, 1.82) is 0 Å². The molecule has 0 spiro atoms. The molecule has 0 aliphatic heterocycles. The Morgan fingerprint density at radius 3 is 2.45 bits per heavy atom. The molecule has 5 nitrogen and oxygen atoms in total. The van der Waals surface area contributed by atoms with Gasteiger partial charge in [-0.05, 0) is 32.9 Å². The Kier molecular flexibility index (Phi) is 5.07. The van der Waals surface area contributed by atoms with E-state index in [0.717, 1.165) is 12.1 Å². The maximum atomic E-state index is 13.2. The fourth-order valence-corrected chi connectivity index (χ4v) is 1.40. The van der Waals surface area contributed by atoms with Crippen molar-refractivity contribution in [3.8, 4) is 5.75 Å². The molecule has 1 rings (SSSR count). The highest BCUT2D eigenvalue weighted by molar-refractivity contribution is 5.92. The van der Waals surface area contributed by atoms with Gasteiger partial charge in [-0.25, -0.2) is 14.0 Å². The van der Waals surface area contributed by atoms with Crippen molar-refractivity contribution in [3.63, 3.8) is 0 Å². The Balaban J connectivity index is 2.79. The third-order valence-electron chi connectivity index (χ3n) is 2.11. The minimum atomic E-state index is -0.677. The molecule has 6 heteroatoms. The van der Waals surface area contributed by atoms with Crippen LogP contribution in [0.1, 0.15) is 31.1 Å². The SMILES string of the molecule is COC(=O)c1ccc(F)cc1OCC(=O)OC(C)(C)C. The second-order valence-corrected chi connectivity index (χ2v) is 5.01. The van der Waals surface area contributed by atoms with Gasteiger partial charge in [0.05, 0.1) is 7.11 Å². The van der Waals surface area contributed by atoms with Gasteiger partial charge in [-0.3, -0.25) is 0 Å². The molecule has 1 aromatic carbocycles. The summed E-state index contributed by atoms with van der Waals surface area (Å²) in [7, 11) is 1.20. The van der Waals surface area contributed by atoms with E-state index in [1.165, 1.54) is 13.2 Å². The zero-order chi connectivity index (χ0) is 15.3. The van der Waals surface area contributed by atoms with Crippen molar-refractivity contribution in [3.05, 3.63) is 29.6 Å². The van der Waals surface area contributed by atoms with Gasteiger partial charge in [-0.2, -0.15) is 0 Å². The zero-order valence-electron chi connectivity index (χ0n) is 11.9. The van der Waals surface area contributed by atoms with Gasteiger partial charge in [0, 0.05) is 6.07 Å². The van der Waals surface area contributed by atoms with E-state index in [1.807, 2.05) is 0 Å². The summed E-state index contributed by atoms with van der Waals surface area (Å²) in [5.74, 6) is -1.94. The minimum Gasteiger partial charge on any atom is -0.481 e. The summed E-state index contributed by atoms with van der Waals surface area (Å²) in [4.78, 5) is 23.0. The number of ether oxygens (including phenoxy) is 3. The molecule has 0 aromatic heterocycles. The first-order valence-electron chi connectivity index (χ1n) is 5.95. The standard InChI is InChI=1S/C14H17FO5/c1-14(2,3)20-12(16)8-19-11-7-9(15)5-6-10(11)13(17)18-4/h5-7H,8H2,1-4H3. The van der Waals surface area contributed by atoms with E-state index in [-0.39, 0.29) is 11.3 Å². The lowest BCUT2D eigenvalue weighted by molar-refractivity contribution is -0.157. The first-order valence-corrected chi connectivity index (χ1v) is 5.95. The predicted octanol–water partition coefficient (Wildman–Crippen LogP) is 2.33. The van der Waals surface area contributed by atoms with Crippen LogP contribution in [0.25, 0.3) is 0 Å². The first-order chi connectivity index (χ1) is 9.23. The molecule has 0 saturated heterocycles. The van der Waals surface area contributed by atoms with E-state index in [4.69, 9.17) is 9.47 Å². The van der Waals surface area contributed by atoms with Gasteiger partial charge in [-0.15, -0.1) is 0 Å². The number of methoxy groups -OCH3 is 1. The van der Waals surface area contributed by atoms with Gasteiger partial charge in [0.15, 0.2) is 6.61 Å². The highest BCUT2D eigenvalue weighted by Gasteiger charge is 2.19. The first kappa shape index (κ1) is 15.9. The fourth-order valence-electron chi connectivity index (χ4n) is 1.40. The highest BCUT2D eigenvalue weighted by atomic mass is 19.1. The lowest BCUT2D eigenvalue weighted by Gasteiger charge is -2.19.